The van der Waals surface area contributed by atoms with Gasteiger partial charge in [-0.05, 0) is 43.7 Å². The smallest absolute Gasteiger partial charge is 0.118 e. The third-order valence-corrected chi connectivity index (χ3v) is 2.51. The first kappa shape index (κ1) is 10.7. The molecule has 0 fully saturated rings. The molecule has 1 aromatic carbocycles. The van der Waals surface area contributed by atoms with Crippen LogP contribution in [0.2, 0.25) is 0 Å². The number of ether oxygens (including phenoxy) is 1. The molecule has 1 radical (unpaired) electrons. The molecule has 0 bridgehead atoms. The summed E-state index contributed by atoms with van der Waals surface area (Å²) >= 11 is 0. The number of pyridine rings is 1. The van der Waals surface area contributed by atoms with Crippen LogP contribution in [-0.2, 0) is 0 Å². The highest BCUT2D eigenvalue weighted by atomic mass is 16.5. The van der Waals surface area contributed by atoms with Gasteiger partial charge in [0.05, 0.1) is 7.11 Å². The van der Waals surface area contributed by atoms with Crippen LogP contribution in [0.1, 0.15) is 11.4 Å². The van der Waals surface area contributed by atoms with Crippen molar-refractivity contribution in [2.45, 2.75) is 13.8 Å². The van der Waals surface area contributed by atoms with Crippen molar-refractivity contribution in [1.29, 1.82) is 0 Å². The van der Waals surface area contributed by atoms with E-state index in [1.807, 2.05) is 44.2 Å². The molecule has 0 unspecified atom stereocenters. The second kappa shape index (κ2) is 4.35. The van der Waals surface area contributed by atoms with E-state index in [2.05, 4.69) is 11.1 Å². The zero-order valence-electron chi connectivity index (χ0n) is 9.74. The molecule has 0 saturated heterocycles. The van der Waals surface area contributed by atoms with E-state index in [-0.39, 0.29) is 0 Å². The van der Waals surface area contributed by atoms with E-state index >= 15 is 0 Å². The molecule has 2 rings (SSSR count). The van der Waals surface area contributed by atoms with Crippen LogP contribution in [0.3, 0.4) is 0 Å². The van der Waals surface area contributed by atoms with Crippen LogP contribution < -0.4 is 4.74 Å². The van der Waals surface area contributed by atoms with Gasteiger partial charge in [0.1, 0.15) is 5.75 Å². The Labute approximate surface area is 95.9 Å². The van der Waals surface area contributed by atoms with Gasteiger partial charge in [0, 0.05) is 17.0 Å². The fourth-order valence-electron chi connectivity index (χ4n) is 1.68. The number of nitrogens with zero attached hydrogens (tertiary/aromatic N) is 1. The summed E-state index contributed by atoms with van der Waals surface area (Å²) in [5, 5.41) is 0. The number of rotatable bonds is 2. The van der Waals surface area contributed by atoms with Gasteiger partial charge in [-0.25, -0.2) is 0 Å². The summed E-state index contributed by atoms with van der Waals surface area (Å²) in [6.07, 6.45) is 0. The SMILES string of the molecule is COc1ccc(-c2[c]cc(C)nc2C)cc1. The van der Waals surface area contributed by atoms with E-state index in [9.17, 15) is 0 Å². The van der Waals surface area contributed by atoms with Crippen molar-refractivity contribution >= 4 is 0 Å². The second-order valence-corrected chi connectivity index (χ2v) is 3.73. The van der Waals surface area contributed by atoms with Gasteiger partial charge in [0.15, 0.2) is 0 Å². The monoisotopic (exact) mass is 212 g/mol. The molecule has 0 aliphatic heterocycles. The number of aryl methyl sites for hydroxylation is 2. The molecule has 0 N–H and O–H groups in total. The van der Waals surface area contributed by atoms with Crippen LogP contribution in [0.4, 0.5) is 0 Å². The Balaban J connectivity index is 2.42. The summed E-state index contributed by atoms with van der Waals surface area (Å²) in [5.41, 5.74) is 4.17. The third-order valence-electron chi connectivity index (χ3n) is 2.51. The van der Waals surface area contributed by atoms with Gasteiger partial charge < -0.3 is 4.74 Å². The van der Waals surface area contributed by atoms with Crippen molar-refractivity contribution < 1.29 is 4.74 Å². The average Bonchev–Trinajstić information content (AvgIpc) is 2.29. The van der Waals surface area contributed by atoms with E-state index in [0.29, 0.717) is 0 Å². The van der Waals surface area contributed by atoms with Gasteiger partial charge in [-0.15, -0.1) is 0 Å². The molecule has 0 atom stereocenters. The first-order valence-corrected chi connectivity index (χ1v) is 5.21. The first-order valence-electron chi connectivity index (χ1n) is 5.21. The average molecular weight is 212 g/mol. The molecule has 0 aliphatic rings. The number of benzene rings is 1. The molecule has 1 aromatic heterocycles. The Morgan fingerprint density at radius 2 is 1.81 bits per heavy atom. The fourth-order valence-corrected chi connectivity index (χ4v) is 1.68. The summed E-state index contributed by atoms with van der Waals surface area (Å²) in [6, 6.07) is 13.1. The molecule has 0 saturated carbocycles. The lowest BCUT2D eigenvalue weighted by atomic mass is 10.0. The van der Waals surface area contributed by atoms with E-state index < -0.39 is 0 Å². The molecule has 1 heterocycles. The first-order chi connectivity index (χ1) is 7.70. The summed E-state index contributed by atoms with van der Waals surface area (Å²) in [4.78, 5) is 4.43. The lowest BCUT2D eigenvalue weighted by Gasteiger charge is -2.06. The van der Waals surface area contributed by atoms with Gasteiger partial charge in [-0.3, -0.25) is 4.98 Å². The van der Waals surface area contributed by atoms with E-state index in [4.69, 9.17) is 4.74 Å². The van der Waals surface area contributed by atoms with Crippen molar-refractivity contribution in [3.8, 4) is 16.9 Å². The van der Waals surface area contributed by atoms with Gasteiger partial charge in [-0.1, -0.05) is 12.1 Å². The Kier molecular flexibility index (Phi) is 2.91. The number of methoxy groups -OCH3 is 1. The standard InChI is InChI=1S/C14H14NO/c1-10-4-9-14(11(2)15-10)12-5-7-13(16-3)8-6-12/h4-8H,1-3H3. The highest BCUT2D eigenvalue weighted by Gasteiger charge is 2.03. The maximum Gasteiger partial charge on any atom is 0.118 e. The maximum absolute atomic E-state index is 5.13. The van der Waals surface area contributed by atoms with Crippen molar-refractivity contribution in [3.05, 3.63) is 47.8 Å². The number of aromatic nitrogens is 1. The van der Waals surface area contributed by atoms with E-state index in [0.717, 1.165) is 28.3 Å². The lowest BCUT2D eigenvalue weighted by molar-refractivity contribution is 0.415. The summed E-state index contributed by atoms with van der Waals surface area (Å²) in [7, 11) is 1.67. The Morgan fingerprint density at radius 1 is 1.12 bits per heavy atom. The minimum absolute atomic E-state index is 0.862. The molecule has 81 valence electrons. The summed E-state index contributed by atoms with van der Waals surface area (Å²) in [6.45, 7) is 3.98. The Bertz CT molecular complexity index is 489. The number of hydrogen-bond acceptors (Lipinski definition) is 2. The maximum atomic E-state index is 5.13. The van der Waals surface area contributed by atoms with Crippen molar-refractivity contribution in [3.63, 3.8) is 0 Å². The number of hydrogen-bond donors (Lipinski definition) is 0. The Hall–Kier alpha value is -1.83. The minimum atomic E-state index is 0.862. The molecular weight excluding hydrogens is 198 g/mol. The zero-order chi connectivity index (χ0) is 11.5. The molecule has 2 aromatic rings. The minimum Gasteiger partial charge on any atom is -0.497 e. The molecule has 0 amide bonds. The quantitative estimate of drug-likeness (QED) is 0.762. The molecule has 16 heavy (non-hydrogen) atoms. The van der Waals surface area contributed by atoms with E-state index in [1.54, 1.807) is 7.11 Å². The predicted molar refractivity (Wildman–Crippen MR) is 64.5 cm³/mol. The van der Waals surface area contributed by atoms with Gasteiger partial charge in [-0.2, -0.15) is 0 Å². The second-order valence-electron chi connectivity index (χ2n) is 3.73. The lowest BCUT2D eigenvalue weighted by Crippen LogP contribution is -1.90. The van der Waals surface area contributed by atoms with Crippen LogP contribution in [0.15, 0.2) is 30.3 Å². The normalized spacial score (nSPS) is 10.2. The molecule has 0 aliphatic carbocycles. The van der Waals surface area contributed by atoms with Crippen LogP contribution in [-0.4, -0.2) is 12.1 Å². The van der Waals surface area contributed by atoms with Gasteiger partial charge in [0.2, 0.25) is 0 Å². The molecule has 2 nitrogen and oxygen atoms in total. The van der Waals surface area contributed by atoms with Crippen LogP contribution in [0.25, 0.3) is 11.1 Å². The Morgan fingerprint density at radius 3 is 2.38 bits per heavy atom. The van der Waals surface area contributed by atoms with Crippen molar-refractivity contribution in [1.82, 2.24) is 4.98 Å². The fraction of sp³-hybridized carbons (Fsp3) is 0.214. The highest BCUT2D eigenvalue weighted by molar-refractivity contribution is 5.65. The molecule has 0 spiro atoms. The highest BCUT2D eigenvalue weighted by Crippen LogP contribution is 2.24. The van der Waals surface area contributed by atoms with Gasteiger partial charge in [0.25, 0.3) is 0 Å². The van der Waals surface area contributed by atoms with Crippen LogP contribution in [0.5, 0.6) is 5.75 Å². The predicted octanol–water partition coefficient (Wildman–Crippen LogP) is 3.17. The topological polar surface area (TPSA) is 22.1 Å². The molecular formula is C14H14NO. The largest absolute Gasteiger partial charge is 0.497 e. The van der Waals surface area contributed by atoms with Crippen molar-refractivity contribution in [2.24, 2.45) is 0 Å². The molecule has 2 heteroatoms. The van der Waals surface area contributed by atoms with Gasteiger partial charge >= 0.3 is 0 Å². The summed E-state index contributed by atoms with van der Waals surface area (Å²) in [5.74, 6) is 0.862. The van der Waals surface area contributed by atoms with Crippen LogP contribution in [0, 0.1) is 19.9 Å². The zero-order valence-corrected chi connectivity index (χ0v) is 9.74. The van der Waals surface area contributed by atoms with Crippen molar-refractivity contribution in [2.75, 3.05) is 7.11 Å². The third kappa shape index (κ3) is 2.06. The summed E-state index contributed by atoms with van der Waals surface area (Å²) < 4.78 is 5.13. The van der Waals surface area contributed by atoms with Crippen LogP contribution >= 0.6 is 0 Å². The van der Waals surface area contributed by atoms with E-state index in [1.165, 1.54) is 0 Å².